The number of pyridine rings is 1. The lowest BCUT2D eigenvalue weighted by Gasteiger charge is -2.32. The minimum atomic E-state index is -0.470. The zero-order chi connectivity index (χ0) is 21.8. The monoisotopic (exact) mass is 429 g/mol. The maximum Gasteiger partial charge on any atom is 0.312 e. The molecule has 1 aliphatic rings. The first kappa shape index (κ1) is 18.5. The lowest BCUT2D eigenvalue weighted by molar-refractivity contribution is 0.0646. The number of carbonyl (C=O) groups excluding carboxylic acids is 1. The van der Waals surface area contributed by atoms with Crippen LogP contribution >= 0.6 is 0 Å². The predicted molar refractivity (Wildman–Crippen MR) is 112 cm³/mol. The van der Waals surface area contributed by atoms with Crippen molar-refractivity contribution in [1.29, 1.82) is 0 Å². The van der Waals surface area contributed by atoms with Crippen LogP contribution < -0.4 is 0 Å². The Morgan fingerprint density at radius 1 is 1.22 bits per heavy atom. The highest BCUT2D eigenvalue weighted by Crippen LogP contribution is 2.34. The van der Waals surface area contributed by atoms with Crippen molar-refractivity contribution in [3.05, 3.63) is 71.5 Å². The second-order valence-electron chi connectivity index (χ2n) is 7.78. The first-order chi connectivity index (χ1) is 15.6. The molecule has 5 aromatic heterocycles. The molecule has 0 spiro atoms. The Kier molecular flexibility index (Phi) is 3.97. The molecule has 0 aromatic carbocycles. The highest BCUT2D eigenvalue weighted by Gasteiger charge is 2.38. The van der Waals surface area contributed by atoms with Crippen molar-refractivity contribution in [1.82, 2.24) is 44.5 Å². The van der Waals surface area contributed by atoms with Crippen molar-refractivity contribution in [2.24, 2.45) is 7.05 Å². The zero-order valence-electron chi connectivity index (χ0n) is 17.4. The minimum Gasteiger partial charge on any atom is -0.411 e. The molecular weight excluding hydrogens is 410 g/mol. The number of hydrogen-bond acceptors (Lipinski definition) is 7. The van der Waals surface area contributed by atoms with Gasteiger partial charge in [0.15, 0.2) is 0 Å². The van der Waals surface area contributed by atoms with Crippen molar-refractivity contribution in [2.45, 2.75) is 19.4 Å². The van der Waals surface area contributed by atoms with Crippen molar-refractivity contribution < 1.29 is 9.21 Å². The summed E-state index contributed by atoms with van der Waals surface area (Å²) in [6.45, 7) is 2.46. The number of fused-ring (bicyclic) bond motifs is 2. The molecular formula is C21H19N9O2. The Morgan fingerprint density at radius 2 is 2.12 bits per heavy atom. The number of aromatic amines is 1. The Bertz CT molecular complexity index is 1460. The number of aryl methyl sites for hydroxylation is 2. The van der Waals surface area contributed by atoms with Crippen LogP contribution in [0.1, 0.15) is 39.5 Å². The Hall–Kier alpha value is -4.28. The summed E-state index contributed by atoms with van der Waals surface area (Å²) in [6, 6.07) is 9.22. The summed E-state index contributed by atoms with van der Waals surface area (Å²) in [4.78, 5) is 22.9. The number of aromatic nitrogens is 8. The van der Waals surface area contributed by atoms with E-state index in [1.165, 1.54) is 0 Å². The van der Waals surface area contributed by atoms with Crippen molar-refractivity contribution in [3.63, 3.8) is 0 Å². The third-order valence-electron chi connectivity index (χ3n) is 5.70. The van der Waals surface area contributed by atoms with Gasteiger partial charge >= 0.3 is 11.8 Å². The normalized spacial score (nSPS) is 15.9. The molecule has 1 aliphatic heterocycles. The number of imidazole rings is 1. The van der Waals surface area contributed by atoms with Gasteiger partial charge in [-0.15, -0.1) is 10.2 Å². The van der Waals surface area contributed by atoms with E-state index in [1.807, 2.05) is 35.7 Å². The molecule has 1 amide bonds. The van der Waals surface area contributed by atoms with Crippen LogP contribution in [0.2, 0.25) is 0 Å². The first-order valence-corrected chi connectivity index (χ1v) is 10.2. The van der Waals surface area contributed by atoms with Crippen LogP contribution in [-0.2, 0) is 13.5 Å². The molecule has 1 unspecified atom stereocenters. The second-order valence-corrected chi connectivity index (χ2v) is 7.78. The summed E-state index contributed by atoms with van der Waals surface area (Å²) in [5.41, 5.74) is 4.96. The van der Waals surface area contributed by atoms with E-state index in [1.54, 1.807) is 35.2 Å². The third-order valence-corrected chi connectivity index (χ3v) is 5.70. The molecule has 1 atom stereocenters. The molecule has 0 bridgehead atoms. The fraction of sp³-hybridized carbons (Fsp3) is 0.238. The predicted octanol–water partition coefficient (Wildman–Crippen LogP) is 1.94. The fourth-order valence-electron chi connectivity index (χ4n) is 4.17. The molecule has 32 heavy (non-hydrogen) atoms. The Morgan fingerprint density at radius 3 is 2.94 bits per heavy atom. The molecule has 6 rings (SSSR count). The number of H-pyrrole nitrogens is 1. The SMILES string of the molecule is Cc1cccc2cc(C3c4nc[nH]c4CCN3C(=O)c3nnc(-c4ccn(C)n4)o3)nn12. The molecule has 6 heterocycles. The van der Waals surface area contributed by atoms with Crippen LogP contribution in [0.3, 0.4) is 0 Å². The summed E-state index contributed by atoms with van der Waals surface area (Å²) in [5, 5.41) is 17.0. The number of hydrogen-bond donors (Lipinski definition) is 1. The maximum absolute atomic E-state index is 13.5. The summed E-state index contributed by atoms with van der Waals surface area (Å²) >= 11 is 0. The van der Waals surface area contributed by atoms with Gasteiger partial charge in [-0.2, -0.15) is 10.2 Å². The van der Waals surface area contributed by atoms with Gasteiger partial charge in [0.05, 0.1) is 23.2 Å². The minimum absolute atomic E-state index is 0.0883. The van der Waals surface area contributed by atoms with E-state index in [9.17, 15) is 4.79 Å². The smallest absolute Gasteiger partial charge is 0.312 e. The van der Waals surface area contributed by atoms with Gasteiger partial charge < -0.3 is 14.3 Å². The molecule has 5 aromatic rings. The average Bonchev–Trinajstić information content (AvgIpc) is 3.57. The number of nitrogens with one attached hydrogen (secondary N) is 1. The number of nitrogens with zero attached hydrogens (tertiary/aromatic N) is 8. The van der Waals surface area contributed by atoms with E-state index in [-0.39, 0.29) is 17.7 Å². The third kappa shape index (κ3) is 2.82. The fourth-order valence-corrected chi connectivity index (χ4v) is 4.17. The molecule has 11 heteroatoms. The molecule has 0 saturated carbocycles. The first-order valence-electron chi connectivity index (χ1n) is 10.2. The topological polar surface area (TPSA) is 123 Å². The highest BCUT2D eigenvalue weighted by molar-refractivity contribution is 5.90. The Labute approximate surface area is 181 Å². The largest absolute Gasteiger partial charge is 0.411 e. The maximum atomic E-state index is 13.5. The van der Waals surface area contributed by atoms with Crippen LogP contribution in [0.15, 0.2) is 47.3 Å². The molecule has 0 radical (unpaired) electrons. The summed E-state index contributed by atoms with van der Waals surface area (Å²) < 4.78 is 9.18. The van der Waals surface area contributed by atoms with Gasteiger partial charge in [0.1, 0.15) is 11.7 Å². The van der Waals surface area contributed by atoms with Gasteiger partial charge in [-0.05, 0) is 31.2 Å². The molecule has 0 fully saturated rings. The summed E-state index contributed by atoms with van der Waals surface area (Å²) in [7, 11) is 1.79. The Balaban J connectivity index is 1.41. The number of amides is 1. The van der Waals surface area contributed by atoms with Crippen LogP contribution in [0.5, 0.6) is 0 Å². The van der Waals surface area contributed by atoms with Gasteiger partial charge in [0.2, 0.25) is 0 Å². The van der Waals surface area contributed by atoms with Gasteiger partial charge in [0.25, 0.3) is 5.89 Å². The summed E-state index contributed by atoms with van der Waals surface area (Å²) in [5.74, 6) is -0.256. The van der Waals surface area contributed by atoms with Crippen LogP contribution in [0.25, 0.3) is 17.1 Å². The lowest BCUT2D eigenvalue weighted by atomic mass is 9.99. The van der Waals surface area contributed by atoms with E-state index < -0.39 is 6.04 Å². The standard InChI is InChI=1S/C21H19N9O2/c1-12-4-3-5-13-10-16(27-30(12)13)18-17-14(22-11-23-17)7-9-29(18)21(31)20-25-24-19(32-20)15-6-8-28(2)26-15/h3-6,8,10-11,18H,7,9H2,1-2H3,(H,22,23). The van der Waals surface area contributed by atoms with Crippen molar-refractivity contribution >= 4 is 11.4 Å². The van der Waals surface area contributed by atoms with E-state index in [0.717, 1.165) is 28.3 Å². The lowest BCUT2D eigenvalue weighted by Crippen LogP contribution is -2.41. The number of rotatable bonds is 3. The zero-order valence-corrected chi connectivity index (χ0v) is 17.4. The van der Waals surface area contributed by atoms with Crippen LogP contribution in [-0.4, -0.2) is 56.9 Å². The van der Waals surface area contributed by atoms with E-state index >= 15 is 0 Å². The highest BCUT2D eigenvalue weighted by atomic mass is 16.4. The van der Waals surface area contributed by atoms with Gasteiger partial charge in [-0.3, -0.25) is 9.48 Å². The molecule has 160 valence electrons. The molecule has 1 N–H and O–H groups in total. The van der Waals surface area contributed by atoms with E-state index in [0.29, 0.717) is 18.7 Å². The van der Waals surface area contributed by atoms with E-state index in [2.05, 4.69) is 25.3 Å². The van der Waals surface area contributed by atoms with Crippen molar-refractivity contribution in [2.75, 3.05) is 6.54 Å². The molecule has 0 saturated heterocycles. The van der Waals surface area contributed by atoms with E-state index in [4.69, 9.17) is 9.52 Å². The molecule has 11 nitrogen and oxygen atoms in total. The average molecular weight is 429 g/mol. The quantitative estimate of drug-likeness (QED) is 0.465. The van der Waals surface area contributed by atoms with Gasteiger partial charge in [0, 0.05) is 37.6 Å². The van der Waals surface area contributed by atoms with Gasteiger partial charge in [-0.1, -0.05) is 6.07 Å². The van der Waals surface area contributed by atoms with Crippen molar-refractivity contribution in [3.8, 4) is 11.6 Å². The van der Waals surface area contributed by atoms with Crippen LogP contribution in [0, 0.1) is 6.92 Å². The number of carbonyl (C=O) groups is 1. The molecule has 0 aliphatic carbocycles. The summed E-state index contributed by atoms with van der Waals surface area (Å²) in [6.07, 6.45) is 4.07. The van der Waals surface area contributed by atoms with Gasteiger partial charge in [-0.25, -0.2) is 9.50 Å². The van der Waals surface area contributed by atoms with Crippen LogP contribution in [0.4, 0.5) is 0 Å². The second kappa shape index (κ2) is 6.87.